The number of rotatable bonds is 5. The Morgan fingerprint density at radius 3 is 2.47 bits per heavy atom. The van der Waals surface area contributed by atoms with Crippen LogP contribution in [0.25, 0.3) is 10.9 Å². The van der Waals surface area contributed by atoms with Crippen LogP contribution in [0.2, 0.25) is 0 Å². The van der Waals surface area contributed by atoms with Crippen LogP contribution in [0.4, 0.5) is 0 Å². The number of likely N-dealkylation sites (tertiary alicyclic amines) is 1. The molecule has 0 unspecified atom stereocenters. The number of amides is 2. The third-order valence-electron chi connectivity index (χ3n) is 5.39. The highest BCUT2D eigenvalue weighted by molar-refractivity contribution is 5.94. The van der Waals surface area contributed by atoms with Crippen molar-refractivity contribution in [1.29, 1.82) is 0 Å². The third-order valence-corrected chi connectivity index (χ3v) is 5.39. The molecule has 1 aliphatic rings. The molecule has 0 atom stereocenters. The van der Waals surface area contributed by atoms with Gasteiger partial charge in [0, 0.05) is 30.6 Å². The van der Waals surface area contributed by atoms with Crippen molar-refractivity contribution < 1.29 is 9.59 Å². The summed E-state index contributed by atoms with van der Waals surface area (Å²) < 4.78 is 1.52. The Morgan fingerprint density at radius 1 is 0.967 bits per heavy atom. The minimum Gasteiger partial charge on any atom is -0.350 e. The average molecular weight is 404 g/mol. The molecule has 0 saturated carbocycles. The van der Waals surface area contributed by atoms with E-state index in [4.69, 9.17) is 0 Å². The van der Waals surface area contributed by atoms with Gasteiger partial charge in [-0.2, -0.15) is 5.10 Å². The molecule has 2 aromatic carbocycles. The van der Waals surface area contributed by atoms with E-state index < -0.39 is 0 Å². The minimum atomic E-state index is -0.204. The van der Waals surface area contributed by atoms with Crippen LogP contribution in [-0.4, -0.2) is 39.6 Å². The lowest BCUT2D eigenvalue weighted by Crippen LogP contribution is -2.35. The fraction of sp³-hybridized carbons (Fsp3) is 0.304. The Balaban J connectivity index is 1.36. The van der Waals surface area contributed by atoms with Crippen LogP contribution in [0.3, 0.4) is 0 Å². The first-order chi connectivity index (χ1) is 14.6. The summed E-state index contributed by atoms with van der Waals surface area (Å²) in [5, 5.41) is 7.48. The van der Waals surface area contributed by atoms with Gasteiger partial charge in [0.25, 0.3) is 5.91 Å². The molecule has 0 spiro atoms. The van der Waals surface area contributed by atoms with Crippen LogP contribution in [0.15, 0.2) is 59.5 Å². The number of nitrogens with zero attached hydrogens (tertiary/aromatic N) is 3. The first-order valence-electron chi connectivity index (χ1n) is 10.2. The Kier molecular flexibility index (Phi) is 5.88. The third kappa shape index (κ3) is 4.40. The topological polar surface area (TPSA) is 84.3 Å². The van der Waals surface area contributed by atoms with E-state index in [9.17, 15) is 14.4 Å². The van der Waals surface area contributed by atoms with Gasteiger partial charge in [-0.1, -0.05) is 24.3 Å². The number of benzene rings is 2. The van der Waals surface area contributed by atoms with Gasteiger partial charge in [0.1, 0.15) is 6.54 Å². The van der Waals surface area contributed by atoms with E-state index in [1.54, 1.807) is 18.2 Å². The monoisotopic (exact) mass is 404 g/mol. The zero-order chi connectivity index (χ0) is 20.9. The molecular weight excluding hydrogens is 380 g/mol. The van der Waals surface area contributed by atoms with Crippen LogP contribution < -0.4 is 10.7 Å². The molecule has 7 nitrogen and oxygen atoms in total. The molecule has 1 N–H and O–H groups in total. The quantitative estimate of drug-likeness (QED) is 0.707. The molecule has 7 heteroatoms. The van der Waals surface area contributed by atoms with Gasteiger partial charge in [-0.25, -0.2) is 0 Å². The Morgan fingerprint density at radius 2 is 1.70 bits per heavy atom. The molecule has 2 amide bonds. The fourth-order valence-electron chi connectivity index (χ4n) is 3.72. The Bertz CT molecular complexity index is 1120. The van der Waals surface area contributed by atoms with E-state index in [1.165, 1.54) is 17.3 Å². The van der Waals surface area contributed by atoms with Crippen molar-refractivity contribution in [3.63, 3.8) is 0 Å². The highest BCUT2D eigenvalue weighted by atomic mass is 16.2. The van der Waals surface area contributed by atoms with Crippen LogP contribution in [-0.2, 0) is 17.9 Å². The SMILES string of the molecule is O=C(Cn1ncc(=O)c2ccccc21)NCc1ccc(C(=O)N2CCCCC2)cc1. The Hall–Kier alpha value is -3.48. The van der Waals surface area contributed by atoms with E-state index in [0.29, 0.717) is 23.0 Å². The molecule has 1 aliphatic heterocycles. The lowest BCUT2D eigenvalue weighted by atomic mass is 10.1. The molecule has 0 aliphatic carbocycles. The van der Waals surface area contributed by atoms with Crippen molar-refractivity contribution in [3.8, 4) is 0 Å². The second-order valence-electron chi connectivity index (χ2n) is 7.51. The number of nitrogens with one attached hydrogen (secondary N) is 1. The number of para-hydroxylation sites is 1. The highest BCUT2D eigenvalue weighted by Crippen LogP contribution is 2.14. The van der Waals surface area contributed by atoms with Gasteiger partial charge in [0.05, 0.1) is 11.7 Å². The lowest BCUT2D eigenvalue weighted by molar-refractivity contribution is -0.121. The van der Waals surface area contributed by atoms with Gasteiger partial charge in [-0.05, 0) is 49.1 Å². The summed E-state index contributed by atoms with van der Waals surface area (Å²) in [6.45, 7) is 2.02. The molecule has 1 saturated heterocycles. The zero-order valence-electron chi connectivity index (χ0n) is 16.7. The van der Waals surface area contributed by atoms with Gasteiger partial charge in [0.15, 0.2) is 0 Å². The molecule has 0 bridgehead atoms. The molecule has 30 heavy (non-hydrogen) atoms. The minimum absolute atomic E-state index is 0.0202. The predicted octanol–water partition coefficient (Wildman–Crippen LogP) is 2.34. The van der Waals surface area contributed by atoms with Crippen LogP contribution in [0.5, 0.6) is 0 Å². The summed E-state index contributed by atoms with van der Waals surface area (Å²) in [4.78, 5) is 38.7. The van der Waals surface area contributed by atoms with Crippen molar-refractivity contribution in [2.24, 2.45) is 0 Å². The molecule has 3 aromatic rings. The van der Waals surface area contributed by atoms with E-state index in [-0.39, 0.29) is 23.8 Å². The lowest BCUT2D eigenvalue weighted by Gasteiger charge is -2.26. The number of carbonyl (C=O) groups is 2. The summed E-state index contributed by atoms with van der Waals surface area (Å²) in [6.07, 6.45) is 4.55. The standard InChI is InChI=1S/C23H24N4O3/c28-21-15-25-27(20-7-3-2-6-19(20)21)16-22(29)24-14-17-8-10-18(11-9-17)23(30)26-12-4-1-5-13-26/h2-3,6-11,15H,1,4-5,12-14,16H2,(H,24,29). The molecule has 4 rings (SSSR count). The van der Waals surface area contributed by atoms with Crippen LogP contribution in [0, 0.1) is 0 Å². The molecular formula is C23H24N4O3. The first-order valence-corrected chi connectivity index (χ1v) is 10.2. The first kappa shape index (κ1) is 19.8. The maximum Gasteiger partial charge on any atom is 0.253 e. The maximum atomic E-state index is 12.5. The van der Waals surface area contributed by atoms with Gasteiger partial charge >= 0.3 is 0 Å². The van der Waals surface area contributed by atoms with Gasteiger partial charge in [-0.3, -0.25) is 19.1 Å². The number of hydrogen-bond donors (Lipinski definition) is 1. The summed E-state index contributed by atoms with van der Waals surface area (Å²) in [5.41, 5.74) is 2.05. The summed E-state index contributed by atoms with van der Waals surface area (Å²) >= 11 is 0. The van der Waals surface area contributed by atoms with E-state index in [0.717, 1.165) is 31.5 Å². The summed E-state index contributed by atoms with van der Waals surface area (Å²) in [5.74, 6) is -0.133. The van der Waals surface area contributed by atoms with Gasteiger partial charge < -0.3 is 10.2 Å². The zero-order valence-corrected chi connectivity index (χ0v) is 16.7. The molecule has 1 fully saturated rings. The molecule has 0 radical (unpaired) electrons. The van der Waals surface area contributed by atoms with Crippen molar-refractivity contribution in [2.45, 2.75) is 32.4 Å². The molecule has 154 valence electrons. The fourth-order valence-corrected chi connectivity index (χ4v) is 3.72. The summed E-state index contributed by atoms with van der Waals surface area (Å²) in [6, 6.07) is 14.5. The second kappa shape index (κ2) is 8.90. The van der Waals surface area contributed by atoms with Crippen molar-refractivity contribution >= 4 is 22.7 Å². The van der Waals surface area contributed by atoms with Crippen LogP contribution in [0.1, 0.15) is 35.2 Å². The van der Waals surface area contributed by atoms with Gasteiger partial charge in [-0.15, -0.1) is 0 Å². The number of fused-ring (bicyclic) bond motifs is 1. The normalized spacial score (nSPS) is 13.9. The second-order valence-corrected chi connectivity index (χ2v) is 7.51. The van der Waals surface area contributed by atoms with Crippen molar-refractivity contribution in [1.82, 2.24) is 20.0 Å². The Labute approximate surface area is 174 Å². The van der Waals surface area contributed by atoms with Crippen molar-refractivity contribution in [2.75, 3.05) is 13.1 Å². The number of carbonyl (C=O) groups excluding carboxylic acids is 2. The number of piperidine rings is 1. The molecule has 1 aromatic heterocycles. The number of aromatic nitrogens is 2. The average Bonchev–Trinajstić information content (AvgIpc) is 2.80. The number of hydrogen-bond acceptors (Lipinski definition) is 4. The van der Waals surface area contributed by atoms with Crippen molar-refractivity contribution in [3.05, 3.63) is 76.1 Å². The molecule has 2 heterocycles. The van der Waals surface area contributed by atoms with Crippen LogP contribution >= 0.6 is 0 Å². The predicted molar refractivity (Wildman–Crippen MR) is 114 cm³/mol. The highest BCUT2D eigenvalue weighted by Gasteiger charge is 2.17. The largest absolute Gasteiger partial charge is 0.350 e. The van der Waals surface area contributed by atoms with Gasteiger partial charge in [0.2, 0.25) is 11.3 Å². The smallest absolute Gasteiger partial charge is 0.253 e. The summed E-state index contributed by atoms with van der Waals surface area (Å²) in [7, 11) is 0. The van der Waals surface area contributed by atoms with E-state index in [1.807, 2.05) is 35.2 Å². The van der Waals surface area contributed by atoms with E-state index in [2.05, 4.69) is 10.4 Å². The maximum absolute atomic E-state index is 12.5. The van der Waals surface area contributed by atoms with E-state index >= 15 is 0 Å².